The molecule has 0 unspecified atom stereocenters. The Morgan fingerprint density at radius 1 is 1.43 bits per heavy atom. The molecule has 2 rings (SSSR count). The van der Waals surface area contributed by atoms with Crippen molar-refractivity contribution in [2.45, 2.75) is 31.2 Å². The fourth-order valence-corrected chi connectivity index (χ4v) is 2.81. The Morgan fingerprint density at radius 2 is 2.10 bits per heavy atom. The van der Waals surface area contributed by atoms with Crippen molar-refractivity contribution in [1.82, 2.24) is 5.32 Å². The first kappa shape index (κ1) is 15.2. The molecule has 0 saturated heterocycles. The van der Waals surface area contributed by atoms with Crippen LogP contribution >= 0.6 is 0 Å². The number of aryl methyl sites for hydroxylation is 1. The molecule has 1 aromatic rings. The second-order valence-electron chi connectivity index (χ2n) is 5.43. The summed E-state index contributed by atoms with van der Waals surface area (Å²) in [5, 5.41) is 2.51. The molecule has 1 saturated carbocycles. The first-order chi connectivity index (χ1) is 9.89. The molecule has 0 aromatic heterocycles. The van der Waals surface area contributed by atoms with Gasteiger partial charge in [0.1, 0.15) is 0 Å². The number of halogens is 1. The van der Waals surface area contributed by atoms with Crippen LogP contribution in [0.1, 0.15) is 24.0 Å². The Bertz CT molecular complexity index is 591. The van der Waals surface area contributed by atoms with Gasteiger partial charge in [-0.25, -0.2) is 4.39 Å². The maximum absolute atomic E-state index is 12.7. The van der Waals surface area contributed by atoms with Crippen LogP contribution in [-0.2, 0) is 19.7 Å². The molecule has 0 bridgehead atoms. The van der Waals surface area contributed by atoms with Crippen LogP contribution in [-0.4, -0.2) is 25.0 Å². The van der Waals surface area contributed by atoms with E-state index < -0.39 is 17.1 Å². The van der Waals surface area contributed by atoms with Crippen LogP contribution in [0, 0.1) is 6.92 Å². The lowest BCUT2D eigenvalue weighted by molar-refractivity contribution is -0.153. The summed E-state index contributed by atoms with van der Waals surface area (Å²) in [6.07, 6.45) is 0.782. The van der Waals surface area contributed by atoms with Crippen LogP contribution in [0.3, 0.4) is 0 Å². The number of hydrogen-bond acceptors (Lipinski definition) is 3. The number of rotatable bonds is 4. The number of amides is 1. The van der Waals surface area contributed by atoms with Crippen LogP contribution < -0.4 is 5.32 Å². The maximum Gasteiger partial charge on any atom is 0.316 e. The van der Waals surface area contributed by atoms with Gasteiger partial charge in [0.05, 0.1) is 12.5 Å². The maximum atomic E-state index is 12.7. The van der Waals surface area contributed by atoms with Crippen molar-refractivity contribution in [2.75, 3.05) is 7.11 Å². The van der Waals surface area contributed by atoms with Crippen LogP contribution in [0.25, 0.3) is 0 Å². The summed E-state index contributed by atoms with van der Waals surface area (Å²) in [5.41, 5.74) is 1.13. The lowest BCUT2D eigenvalue weighted by Crippen LogP contribution is -2.57. The van der Waals surface area contributed by atoms with Gasteiger partial charge in [0.25, 0.3) is 5.91 Å². The Labute approximate surface area is 123 Å². The van der Waals surface area contributed by atoms with Crippen molar-refractivity contribution < 1.29 is 18.7 Å². The average Bonchev–Trinajstić information content (AvgIpc) is 2.41. The highest BCUT2D eigenvalue weighted by Crippen LogP contribution is 2.45. The predicted octanol–water partition coefficient (Wildman–Crippen LogP) is 2.17. The molecule has 0 aliphatic heterocycles. The van der Waals surface area contributed by atoms with E-state index in [2.05, 4.69) is 11.9 Å². The fourth-order valence-electron chi connectivity index (χ4n) is 2.81. The van der Waals surface area contributed by atoms with Gasteiger partial charge in [-0.3, -0.25) is 9.59 Å². The minimum atomic E-state index is -1.03. The van der Waals surface area contributed by atoms with Crippen molar-refractivity contribution in [1.29, 1.82) is 0 Å². The lowest BCUT2D eigenvalue weighted by atomic mass is 9.61. The van der Waals surface area contributed by atoms with Crippen LogP contribution in [0.2, 0.25) is 0 Å². The molecule has 1 amide bonds. The minimum absolute atomic E-state index is 0.260. The van der Waals surface area contributed by atoms with Crippen molar-refractivity contribution >= 4 is 11.9 Å². The van der Waals surface area contributed by atoms with Gasteiger partial charge < -0.3 is 10.1 Å². The zero-order valence-corrected chi connectivity index (χ0v) is 12.1. The van der Waals surface area contributed by atoms with Crippen LogP contribution in [0.15, 0.2) is 36.7 Å². The van der Waals surface area contributed by atoms with Gasteiger partial charge in [-0.15, -0.1) is 0 Å². The van der Waals surface area contributed by atoms with Gasteiger partial charge in [-0.1, -0.05) is 36.4 Å². The topological polar surface area (TPSA) is 55.4 Å². The molecule has 112 valence electrons. The molecule has 0 radical (unpaired) electrons. The standard InChI is InChI=1S/C16H18FNO3/c1-10-5-4-6-12(7-10)16(15(20)21-3)8-13(9-16)18-14(19)11(2)17/h4-7,13H,2,8-9H2,1,3H3,(H,18,19). The molecule has 0 spiro atoms. The van der Waals surface area contributed by atoms with Gasteiger partial charge in [-0.05, 0) is 25.3 Å². The summed E-state index contributed by atoms with van der Waals surface area (Å²) in [6, 6.07) is 7.37. The monoisotopic (exact) mass is 291 g/mol. The van der Waals surface area contributed by atoms with Crippen LogP contribution in [0.5, 0.6) is 0 Å². The molecule has 21 heavy (non-hydrogen) atoms. The van der Waals surface area contributed by atoms with E-state index in [1.54, 1.807) is 0 Å². The van der Waals surface area contributed by atoms with Crippen molar-refractivity contribution in [3.63, 3.8) is 0 Å². The highest BCUT2D eigenvalue weighted by molar-refractivity contribution is 5.91. The highest BCUT2D eigenvalue weighted by Gasteiger charge is 2.53. The smallest absolute Gasteiger partial charge is 0.316 e. The number of methoxy groups -OCH3 is 1. The van der Waals surface area contributed by atoms with E-state index in [4.69, 9.17) is 4.74 Å². The summed E-state index contributed by atoms with van der Waals surface area (Å²) >= 11 is 0. The third-order valence-electron chi connectivity index (χ3n) is 3.92. The van der Waals surface area contributed by atoms with E-state index in [0.717, 1.165) is 11.1 Å². The van der Waals surface area contributed by atoms with Gasteiger partial charge in [0.15, 0.2) is 5.83 Å². The summed E-state index contributed by atoms with van der Waals surface area (Å²) in [4.78, 5) is 23.5. The third kappa shape index (κ3) is 2.82. The molecule has 1 fully saturated rings. The second-order valence-corrected chi connectivity index (χ2v) is 5.43. The summed E-state index contributed by atoms with van der Waals surface area (Å²) < 4.78 is 17.6. The largest absolute Gasteiger partial charge is 0.468 e. The summed E-state index contributed by atoms with van der Waals surface area (Å²) in [6.45, 7) is 4.90. The van der Waals surface area contributed by atoms with Crippen molar-refractivity contribution in [2.24, 2.45) is 0 Å². The Hall–Kier alpha value is -2.17. The Kier molecular flexibility index (Phi) is 4.11. The zero-order valence-electron chi connectivity index (χ0n) is 12.1. The number of nitrogens with one attached hydrogen (secondary N) is 1. The molecular formula is C16H18FNO3. The molecular weight excluding hydrogens is 273 g/mol. The molecule has 1 aliphatic rings. The van der Waals surface area contributed by atoms with Crippen LogP contribution in [0.4, 0.5) is 4.39 Å². The second kappa shape index (κ2) is 5.68. The minimum Gasteiger partial charge on any atom is -0.468 e. The van der Waals surface area contributed by atoms with Gasteiger partial charge >= 0.3 is 5.97 Å². The van der Waals surface area contributed by atoms with Gasteiger partial charge in [0.2, 0.25) is 0 Å². The molecule has 1 N–H and O–H groups in total. The number of hydrogen-bond donors (Lipinski definition) is 1. The van der Waals surface area contributed by atoms with E-state index in [-0.39, 0.29) is 12.0 Å². The predicted molar refractivity (Wildman–Crippen MR) is 76.3 cm³/mol. The third-order valence-corrected chi connectivity index (χ3v) is 3.92. The zero-order chi connectivity index (χ0) is 15.6. The number of esters is 1. The van der Waals surface area contributed by atoms with E-state index >= 15 is 0 Å². The van der Waals surface area contributed by atoms with Crippen molar-refractivity contribution in [3.05, 3.63) is 47.8 Å². The molecule has 0 heterocycles. The average molecular weight is 291 g/mol. The van der Waals surface area contributed by atoms with E-state index in [0.29, 0.717) is 12.8 Å². The molecule has 4 nitrogen and oxygen atoms in total. The molecule has 1 aliphatic carbocycles. The first-order valence-electron chi connectivity index (χ1n) is 6.70. The lowest BCUT2D eigenvalue weighted by Gasteiger charge is -2.45. The Balaban J connectivity index is 2.18. The quantitative estimate of drug-likeness (QED) is 0.683. The summed E-state index contributed by atoms with van der Waals surface area (Å²) in [5.74, 6) is -2.19. The normalized spacial score (nSPS) is 23.9. The van der Waals surface area contributed by atoms with Gasteiger partial charge in [0, 0.05) is 6.04 Å². The first-order valence-corrected chi connectivity index (χ1v) is 6.70. The number of carbonyl (C=O) groups excluding carboxylic acids is 2. The van der Waals surface area contributed by atoms with E-state index in [1.165, 1.54) is 7.11 Å². The number of ether oxygens (including phenoxy) is 1. The fraction of sp³-hybridized carbons (Fsp3) is 0.375. The molecule has 5 heteroatoms. The number of carbonyl (C=O) groups is 2. The van der Waals surface area contributed by atoms with E-state index in [1.807, 2.05) is 31.2 Å². The van der Waals surface area contributed by atoms with Gasteiger partial charge in [-0.2, -0.15) is 0 Å². The number of benzene rings is 1. The summed E-state index contributed by atoms with van der Waals surface area (Å²) in [7, 11) is 1.34. The molecule has 0 atom stereocenters. The highest BCUT2D eigenvalue weighted by atomic mass is 19.1. The Morgan fingerprint density at radius 3 is 2.62 bits per heavy atom. The van der Waals surface area contributed by atoms with E-state index in [9.17, 15) is 14.0 Å². The van der Waals surface area contributed by atoms with Crippen molar-refractivity contribution in [3.8, 4) is 0 Å². The SMILES string of the molecule is C=C(F)C(=O)NC1CC(C(=O)OC)(c2cccc(C)c2)C1. The molecule has 1 aromatic carbocycles.